The fourth-order valence-corrected chi connectivity index (χ4v) is 2.26. The number of ether oxygens (including phenoxy) is 1. The number of carbonyl (C=O) groups excluding carboxylic acids is 1. The van der Waals surface area contributed by atoms with E-state index in [1.807, 2.05) is 13.8 Å². The van der Waals surface area contributed by atoms with Crippen molar-refractivity contribution in [2.45, 2.75) is 38.8 Å². The van der Waals surface area contributed by atoms with Crippen LogP contribution in [0.2, 0.25) is 0 Å². The fraction of sp³-hybridized carbons (Fsp3) is 0.818. The van der Waals surface area contributed by atoms with Gasteiger partial charge < -0.3 is 20.6 Å². The van der Waals surface area contributed by atoms with Gasteiger partial charge in [-0.1, -0.05) is 5.16 Å². The molecule has 2 rings (SSSR count). The number of nitrogens with zero attached hydrogens (tertiary/aromatic N) is 2. The Morgan fingerprint density at radius 3 is 2.71 bits per heavy atom. The number of carbonyl (C=O) groups is 1. The highest BCUT2D eigenvalue weighted by Crippen LogP contribution is 2.48. The molecule has 2 atom stereocenters. The number of rotatable bonds is 2. The Bertz CT molecular complexity index is 352. The third-order valence-electron chi connectivity index (χ3n) is 3.63. The maximum atomic E-state index is 12.4. The van der Waals surface area contributed by atoms with Crippen LogP contribution in [-0.4, -0.2) is 47.1 Å². The summed E-state index contributed by atoms with van der Waals surface area (Å²) in [5.41, 5.74) is 4.87. The zero-order valence-electron chi connectivity index (χ0n) is 10.2. The summed E-state index contributed by atoms with van der Waals surface area (Å²) in [7, 11) is 0. The van der Waals surface area contributed by atoms with Gasteiger partial charge in [-0.15, -0.1) is 0 Å². The summed E-state index contributed by atoms with van der Waals surface area (Å²) in [6, 6.07) is 0.0441. The van der Waals surface area contributed by atoms with E-state index in [0.717, 1.165) is 0 Å². The van der Waals surface area contributed by atoms with Crippen molar-refractivity contribution >= 4 is 11.7 Å². The van der Waals surface area contributed by atoms with Gasteiger partial charge in [-0.3, -0.25) is 4.79 Å². The Kier molecular flexibility index (Phi) is 2.99. The molecule has 1 saturated heterocycles. The van der Waals surface area contributed by atoms with Gasteiger partial charge in [0, 0.05) is 6.54 Å². The number of amidine groups is 1. The number of nitrogens with two attached hydrogens (primary N) is 1. The molecule has 1 heterocycles. The molecule has 6 heteroatoms. The molecule has 0 aromatic rings. The lowest BCUT2D eigenvalue weighted by molar-refractivity contribution is -0.146. The molecule has 17 heavy (non-hydrogen) atoms. The van der Waals surface area contributed by atoms with Crippen LogP contribution >= 0.6 is 0 Å². The van der Waals surface area contributed by atoms with Crippen LogP contribution in [0.4, 0.5) is 0 Å². The predicted octanol–water partition coefficient (Wildman–Crippen LogP) is 0.149. The smallest absolute Gasteiger partial charge is 0.236 e. The van der Waals surface area contributed by atoms with Crippen molar-refractivity contribution in [3.05, 3.63) is 0 Å². The van der Waals surface area contributed by atoms with E-state index in [1.165, 1.54) is 0 Å². The first-order valence-electron chi connectivity index (χ1n) is 5.92. The molecular formula is C11H19N3O3. The topological polar surface area (TPSA) is 88.2 Å². The Labute approximate surface area is 100 Å². The highest BCUT2D eigenvalue weighted by molar-refractivity contribution is 6.09. The third-order valence-corrected chi connectivity index (χ3v) is 3.63. The molecule has 6 nitrogen and oxygen atoms in total. The van der Waals surface area contributed by atoms with Crippen LogP contribution in [0.1, 0.15) is 26.7 Å². The highest BCUT2D eigenvalue weighted by Gasteiger charge is 2.56. The third kappa shape index (κ3) is 1.97. The molecule has 1 amide bonds. The van der Waals surface area contributed by atoms with Crippen LogP contribution in [-0.2, 0) is 9.53 Å². The molecule has 1 saturated carbocycles. The van der Waals surface area contributed by atoms with Crippen molar-refractivity contribution in [1.82, 2.24) is 4.90 Å². The lowest BCUT2D eigenvalue weighted by Gasteiger charge is -2.38. The van der Waals surface area contributed by atoms with Crippen molar-refractivity contribution in [2.24, 2.45) is 16.3 Å². The van der Waals surface area contributed by atoms with Gasteiger partial charge in [-0.25, -0.2) is 0 Å². The minimum absolute atomic E-state index is 0.0320. The van der Waals surface area contributed by atoms with Gasteiger partial charge in [-0.2, -0.15) is 0 Å². The van der Waals surface area contributed by atoms with Gasteiger partial charge in [0.15, 0.2) is 5.84 Å². The first-order valence-corrected chi connectivity index (χ1v) is 5.92. The second-order valence-electron chi connectivity index (χ2n) is 5.02. The van der Waals surface area contributed by atoms with Gasteiger partial charge in [0.2, 0.25) is 5.91 Å². The Morgan fingerprint density at radius 1 is 1.53 bits per heavy atom. The number of amides is 1. The molecule has 2 aliphatic rings. The van der Waals surface area contributed by atoms with E-state index in [0.29, 0.717) is 26.0 Å². The number of hydrogen-bond donors (Lipinski definition) is 2. The summed E-state index contributed by atoms with van der Waals surface area (Å²) in [4.78, 5) is 14.2. The Hall–Kier alpha value is -1.30. The van der Waals surface area contributed by atoms with Crippen LogP contribution in [0.25, 0.3) is 0 Å². The molecule has 0 aromatic heterocycles. The molecule has 0 bridgehead atoms. The van der Waals surface area contributed by atoms with Crippen LogP contribution < -0.4 is 5.73 Å². The van der Waals surface area contributed by atoms with E-state index < -0.39 is 5.41 Å². The monoisotopic (exact) mass is 241 g/mol. The lowest BCUT2D eigenvalue weighted by atomic mass is 10.0. The Morgan fingerprint density at radius 2 is 2.18 bits per heavy atom. The number of hydrogen-bond acceptors (Lipinski definition) is 4. The van der Waals surface area contributed by atoms with Crippen LogP contribution in [0.3, 0.4) is 0 Å². The van der Waals surface area contributed by atoms with Gasteiger partial charge in [-0.05, 0) is 26.7 Å². The maximum absolute atomic E-state index is 12.4. The molecule has 1 aliphatic carbocycles. The normalized spacial score (nSPS) is 32.4. The lowest BCUT2D eigenvalue weighted by Crippen LogP contribution is -2.54. The maximum Gasteiger partial charge on any atom is 0.236 e. The quantitative estimate of drug-likeness (QED) is 0.312. The molecule has 1 aliphatic heterocycles. The summed E-state index contributed by atoms with van der Waals surface area (Å²) >= 11 is 0. The Balaban J connectivity index is 2.14. The van der Waals surface area contributed by atoms with Gasteiger partial charge in [0.25, 0.3) is 0 Å². The zero-order chi connectivity index (χ0) is 12.6. The minimum Gasteiger partial charge on any atom is -0.409 e. The molecular weight excluding hydrogens is 222 g/mol. The van der Waals surface area contributed by atoms with Crippen LogP contribution in [0.5, 0.6) is 0 Å². The number of morpholine rings is 1. The average Bonchev–Trinajstić information content (AvgIpc) is 3.11. The van der Waals surface area contributed by atoms with Gasteiger partial charge >= 0.3 is 0 Å². The first-order chi connectivity index (χ1) is 8.01. The van der Waals surface area contributed by atoms with Crippen LogP contribution in [0.15, 0.2) is 5.16 Å². The molecule has 0 aromatic carbocycles. The van der Waals surface area contributed by atoms with Crippen molar-refractivity contribution in [1.29, 1.82) is 0 Å². The van der Waals surface area contributed by atoms with E-state index in [4.69, 9.17) is 15.7 Å². The van der Waals surface area contributed by atoms with Crippen molar-refractivity contribution < 1.29 is 14.7 Å². The second kappa shape index (κ2) is 4.18. The zero-order valence-corrected chi connectivity index (χ0v) is 10.2. The molecule has 3 N–H and O–H groups in total. The first kappa shape index (κ1) is 12.2. The van der Waals surface area contributed by atoms with E-state index in [9.17, 15) is 4.79 Å². The molecule has 96 valence electrons. The number of oxime groups is 1. The summed E-state index contributed by atoms with van der Waals surface area (Å²) in [5, 5.41) is 11.7. The standard InChI is InChI=1S/C11H19N3O3/c1-7-6-17-8(2)5-14(7)10(15)11(3-4-11)9(12)13-16/h7-8,16H,3-6H2,1-2H3,(H2,12,13). The molecule has 2 unspecified atom stereocenters. The van der Waals surface area contributed by atoms with E-state index in [2.05, 4.69) is 5.16 Å². The predicted molar refractivity (Wildman–Crippen MR) is 61.7 cm³/mol. The van der Waals surface area contributed by atoms with Crippen molar-refractivity contribution in [2.75, 3.05) is 13.2 Å². The fourth-order valence-electron chi connectivity index (χ4n) is 2.26. The highest BCUT2D eigenvalue weighted by atomic mass is 16.5. The molecule has 0 radical (unpaired) electrons. The van der Waals surface area contributed by atoms with E-state index in [1.54, 1.807) is 4.90 Å². The summed E-state index contributed by atoms with van der Waals surface area (Å²) < 4.78 is 5.49. The molecule has 2 fully saturated rings. The van der Waals surface area contributed by atoms with Gasteiger partial charge in [0.05, 0.1) is 18.8 Å². The second-order valence-corrected chi connectivity index (χ2v) is 5.02. The SMILES string of the molecule is CC1CN(C(=O)C2(C(N)=NO)CC2)C(C)CO1. The average molecular weight is 241 g/mol. The molecule has 0 spiro atoms. The van der Waals surface area contributed by atoms with E-state index >= 15 is 0 Å². The minimum atomic E-state index is -0.750. The summed E-state index contributed by atoms with van der Waals surface area (Å²) in [5.74, 6) is 0.00398. The van der Waals surface area contributed by atoms with Crippen molar-refractivity contribution in [3.63, 3.8) is 0 Å². The van der Waals surface area contributed by atoms with E-state index in [-0.39, 0.29) is 23.9 Å². The summed E-state index contributed by atoms with van der Waals surface area (Å²) in [6.07, 6.45) is 1.37. The van der Waals surface area contributed by atoms with Crippen molar-refractivity contribution in [3.8, 4) is 0 Å². The summed E-state index contributed by atoms with van der Waals surface area (Å²) in [6.45, 7) is 5.00. The van der Waals surface area contributed by atoms with Crippen LogP contribution in [0, 0.1) is 5.41 Å². The largest absolute Gasteiger partial charge is 0.409 e. The van der Waals surface area contributed by atoms with Gasteiger partial charge in [0.1, 0.15) is 5.41 Å².